The van der Waals surface area contributed by atoms with Crippen molar-refractivity contribution in [3.8, 4) is 0 Å². The van der Waals surface area contributed by atoms with E-state index in [1.807, 2.05) is 48.5 Å². The summed E-state index contributed by atoms with van der Waals surface area (Å²) in [5, 5.41) is 7.27. The Labute approximate surface area is 202 Å². The third-order valence-corrected chi connectivity index (χ3v) is 5.64. The molecule has 0 saturated carbocycles. The number of nitrogens with one attached hydrogen (secondary N) is 2. The van der Waals surface area contributed by atoms with Gasteiger partial charge in [-0.3, -0.25) is 14.8 Å². The molecule has 1 amide bonds. The van der Waals surface area contributed by atoms with E-state index in [2.05, 4.69) is 20.6 Å². The number of carbonyl (C=O) groups is 1. The lowest BCUT2D eigenvalue weighted by Gasteiger charge is -2.18. The van der Waals surface area contributed by atoms with Crippen molar-refractivity contribution in [1.82, 2.24) is 9.97 Å². The van der Waals surface area contributed by atoms with Crippen molar-refractivity contribution in [2.24, 2.45) is 0 Å². The van der Waals surface area contributed by atoms with Gasteiger partial charge in [-0.1, -0.05) is 0 Å². The molecule has 5 aromatic rings. The van der Waals surface area contributed by atoms with E-state index in [9.17, 15) is 9.18 Å². The van der Waals surface area contributed by atoms with Crippen LogP contribution in [0.3, 0.4) is 0 Å². The second-order valence-corrected chi connectivity index (χ2v) is 7.99. The molecule has 0 atom stereocenters. The van der Waals surface area contributed by atoms with E-state index in [0.717, 1.165) is 28.4 Å². The Morgan fingerprint density at radius 3 is 2.17 bits per heavy atom. The summed E-state index contributed by atoms with van der Waals surface area (Å²) in [4.78, 5) is 22.9. The molecule has 0 unspecified atom stereocenters. The fourth-order valence-electron chi connectivity index (χ4n) is 3.76. The van der Waals surface area contributed by atoms with E-state index in [0.29, 0.717) is 16.5 Å². The van der Waals surface area contributed by atoms with Crippen LogP contribution in [0, 0.1) is 5.82 Å². The molecule has 0 fully saturated rings. The zero-order valence-electron chi connectivity index (χ0n) is 18.9. The van der Waals surface area contributed by atoms with Crippen molar-refractivity contribution in [2.45, 2.75) is 0 Å². The van der Waals surface area contributed by atoms with Crippen molar-refractivity contribution in [3.05, 3.63) is 115 Å². The highest BCUT2D eigenvalue weighted by Gasteiger charge is 2.14. The number of nitrogens with zero attached hydrogens (tertiary/aromatic N) is 3. The molecule has 5 rings (SSSR count). The standard InChI is InChI=1S/C28H22FN5O/c1-34(24-9-7-21(8-10-24)32-23-12-15-30-16-13-23)28(35)19-2-5-22(6-3-19)33-27-14-17-31-26-11-4-20(29)18-25(26)27/h2-18H,1H3,(H,30,32)(H,31,33). The topological polar surface area (TPSA) is 70.2 Å². The van der Waals surface area contributed by atoms with Crippen LogP contribution in [0.25, 0.3) is 10.9 Å². The van der Waals surface area contributed by atoms with E-state index < -0.39 is 0 Å². The predicted octanol–water partition coefficient (Wildman–Crippen LogP) is 6.53. The number of anilines is 5. The van der Waals surface area contributed by atoms with Crippen LogP contribution >= 0.6 is 0 Å². The van der Waals surface area contributed by atoms with Crippen molar-refractivity contribution in [1.29, 1.82) is 0 Å². The molecule has 0 aliphatic rings. The number of benzene rings is 3. The lowest BCUT2D eigenvalue weighted by Crippen LogP contribution is -2.26. The first kappa shape index (κ1) is 22.0. The first-order valence-corrected chi connectivity index (χ1v) is 11.0. The molecule has 2 N–H and O–H groups in total. The Bertz CT molecular complexity index is 1470. The van der Waals surface area contributed by atoms with Gasteiger partial charge in [0.15, 0.2) is 0 Å². The second kappa shape index (κ2) is 9.61. The van der Waals surface area contributed by atoms with Gasteiger partial charge in [-0.2, -0.15) is 0 Å². The van der Waals surface area contributed by atoms with Gasteiger partial charge in [0.05, 0.1) is 5.52 Å². The van der Waals surface area contributed by atoms with Crippen LogP contribution < -0.4 is 15.5 Å². The summed E-state index contributed by atoms with van der Waals surface area (Å²) in [6, 6.07) is 24.9. The normalized spacial score (nSPS) is 10.7. The Morgan fingerprint density at radius 1 is 0.771 bits per heavy atom. The Hall–Kier alpha value is -4.78. The van der Waals surface area contributed by atoms with Crippen LogP contribution in [0.1, 0.15) is 10.4 Å². The number of pyridine rings is 2. The average Bonchev–Trinajstić information content (AvgIpc) is 2.90. The van der Waals surface area contributed by atoms with Gasteiger partial charge in [-0.25, -0.2) is 4.39 Å². The first-order valence-electron chi connectivity index (χ1n) is 11.0. The third-order valence-electron chi connectivity index (χ3n) is 5.64. The van der Waals surface area contributed by atoms with Gasteiger partial charge >= 0.3 is 0 Å². The Kier molecular flexibility index (Phi) is 6.05. The number of halogens is 1. The summed E-state index contributed by atoms with van der Waals surface area (Å²) in [6.07, 6.45) is 5.12. The van der Waals surface area contributed by atoms with E-state index in [1.165, 1.54) is 12.1 Å². The predicted molar refractivity (Wildman–Crippen MR) is 138 cm³/mol. The van der Waals surface area contributed by atoms with Gasteiger partial charge in [0.25, 0.3) is 5.91 Å². The molecule has 0 aliphatic carbocycles. The van der Waals surface area contributed by atoms with E-state index >= 15 is 0 Å². The maximum absolute atomic E-state index is 13.7. The zero-order chi connectivity index (χ0) is 24.2. The van der Waals surface area contributed by atoms with Crippen LogP contribution in [-0.4, -0.2) is 22.9 Å². The molecule has 6 nitrogen and oxygen atoms in total. The highest BCUT2D eigenvalue weighted by molar-refractivity contribution is 6.06. The van der Waals surface area contributed by atoms with Crippen LogP contribution in [-0.2, 0) is 0 Å². The molecular weight excluding hydrogens is 441 g/mol. The summed E-state index contributed by atoms with van der Waals surface area (Å²) in [5.74, 6) is -0.443. The number of aromatic nitrogens is 2. The number of hydrogen-bond acceptors (Lipinski definition) is 5. The van der Waals surface area contributed by atoms with Crippen molar-refractivity contribution < 1.29 is 9.18 Å². The van der Waals surface area contributed by atoms with Crippen molar-refractivity contribution >= 4 is 45.2 Å². The van der Waals surface area contributed by atoms with Gasteiger partial charge in [-0.05, 0) is 84.9 Å². The van der Waals surface area contributed by atoms with Gasteiger partial charge < -0.3 is 15.5 Å². The maximum atomic E-state index is 13.7. The number of fused-ring (bicyclic) bond motifs is 1. The van der Waals surface area contributed by atoms with Gasteiger partial charge in [-0.15, -0.1) is 0 Å². The molecule has 0 spiro atoms. The molecule has 7 heteroatoms. The molecule has 172 valence electrons. The van der Waals surface area contributed by atoms with Crippen LogP contribution in [0.2, 0.25) is 0 Å². The van der Waals surface area contributed by atoms with Gasteiger partial charge in [0.2, 0.25) is 0 Å². The minimum Gasteiger partial charge on any atom is -0.355 e. The summed E-state index contributed by atoms with van der Waals surface area (Å²) in [7, 11) is 1.75. The molecule has 0 bridgehead atoms. The number of amides is 1. The summed E-state index contributed by atoms with van der Waals surface area (Å²) in [5.41, 5.74) is 5.42. The fraction of sp³-hybridized carbons (Fsp3) is 0.0357. The van der Waals surface area contributed by atoms with Crippen LogP contribution in [0.5, 0.6) is 0 Å². The first-order chi connectivity index (χ1) is 17.1. The molecule has 35 heavy (non-hydrogen) atoms. The molecular formula is C28H22FN5O. The van der Waals surface area contributed by atoms with E-state index in [1.54, 1.807) is 54.8 Å². The van der Waals surface area contributed by atoms with E-state index in [4.69, 9.17) is 0 Å². The highest BCUT2D eigenvalue weighted by Crippen LogP contribution is 2.27. The summed E-state index contributed by atoms with van der Waals surface area (Å²) in [6.45, 7) is 0. The molecule has 0 saturated heterocycles. The number of rotatable bonds is 6. The average molecular weight is 464 g/mol. The largest absolute Gasteiger partial charge is 0.355 e. The van der Waals surface area contributed by atoms with Crippen molar-refractivity contribution in [3.63, 3.8) is 0 Å². The minimum absolute atomic E-state index is 0.122. The summed E-state index contributed by atoms with van der Waals surface area (Å²) >= 11 is 0. The Morgan fingerprint density at radius 2 is 1.43 bits per heavy atom. The molecule has 2 aromatic heterocycles. The van der Waals surface area contributed by atoms with Gasteiger partial charge in [0.1, 0.15) is 5.82 Å². The number of carbonyl (C=O) groups excluding carboxylic acids is 1. The third kappa shape index (κ3) is 4.94. The number of hydrogen-bond donors (Lipinski definition) is 2. The molecule has 3 aromatic carbocycles. The monoisotopic (exact) mass is 463 g/mol. The van der Waals surface area contributed by atoms with Crippen molar-refractivity contribution in [2.75, 3.05) is 22.6 Å². The molecule has 0 radical (unpaired) electrons. The highest BCUT2D eigenvalue weighted by atomic mass is 19.1. The maximum Gasteiger partial charge on any atom is 0.258 e. The SMILES string of the molecule is CN(C(=O)c1ccc(Nc2ccnc3ccc(F)cc23)cc1)c1ccc(Nc2ccncc2)cc1. The minimum atomic E-state index is -0.321. The van der Waals surface area contributed by atoms with E-state index in [-0.39, 0.29) is 11.7 Å². The van der Waals surface area contributed by atoms with Gasteiger partial charge in [0, 0.05) is 65.0 Å². The molecule has 0 aliphatic heterocycles. The van der Waals surface area contributed by atoms with Crippen LogP contribution in [0.15, 0.2) is 104 Å². The second-order valence-electron chi connectivity index (χ2n) is 7.99. The fourth-order valence-corrected chi connectivity index (χ4v) is 3.76. The smallest absolute Gasteiger partial charge is 0.258 e. The lowest BCUT2D eigenvalue weighted by atomic mass is 10.1. The van der Waals surface area contributed by atoms with Crippen LogP contribution in [0.4, 0.5) is 32.8 Å². The lowest BCUT2D eigenvalue weighted by molar-refractivity contribution is 0.0993. The Balaban J connectivity index is 1.28. The molecule has 2 heterocycles. The summed E-state index contributed by atoms with van der Waals surface area (Å²) < 4.78 is 13.7. The zero-order valence-corrected chi connectivity index (χ0v) is 18.9. The quantitative estimate of drug-likeness (QED) is 0.299.